The fourth-order valence-electron chi connectivity index (χ4n) is 2.37. The summed E-state index contributed by atoms with van der Waals surface area (Å²) in [5, 5.41) is 11.9. The molecule has 4 heteroatoms. The molecule has 2 rings (SSSR count). The van der Waals surface area contributed by atoms with Crippen molar-refractivity contribution in [2.24, 2.45) is 0 Å². The van der Waals surface area contributed by atoms with E-state index in [9.17, 15) is 14.7 Å². The lowest BCUT2D eigenvalue weighted by molar-refractivity contribution is -0.142. The van der Waals surface area contributed by atoms with E-state index in [1.165, 1.54) is 5.56 Å². The van der Waals surface area contributed by atoms with Crippen LogP contribution in [0.25, 0.3) is 0 Å². The Morgan fingerprint density at radius 2 is 1.61 bits per heavy atom. The first-order chi connectivity index (χ1) is 11.1. The SMILES string of the molecule is CCc1ccc(CCC(=O)N[C@H](C(=O)O)c2ccccc2)cc1. The molecule has 0 heterocycles. The summed E-state index contributed by atoms with van der Waals surface area (Å²) in [6.45, 7) is 2.10. The zero-order valence-corrected chi connectivity index (χ0v) is 13.2. The highest BCUT2D eigenvalue weighted by atomic mass is 16.4. The quantitative estimate of drug-likeness (QED) is 0.825. The van der Waals surface area contributed by atoms with E-state index in [0.717, 1.165) is 12.0 Å². The zero-order chi connectivity index (χ0) is 16.7. The lowest BCUT2D eigenvalue weighted by Crippen LogP contribution is -2.33. The summed E-state index contributed by atoms with van der Waals surface area (Å²) >= 11 is 0. The van der Waals surface area contributed by atoms with Gasteiger partial charge in [0.2, 0.25) is 5.91 Å². The third kappa shape index (κ3) is 4.95. The summed E-state index contributed by atoms with van der Waals surface area (Å²) in [4.78, 5) is 23.4. The standard InChI is InChI=1S/C19H21NO3/c1-2-14-8-10-15(11-9-14)12-13-17(21)20-18(19(22)23)16-6-4-3-5-7-16/h3-11,18H,2,12-13H2,1H3,(H,20,21)(H,22,23)/t18-/m0/s1. The maximum absolute atomic E-state index is 12.1. The van der Waals surface area contributed by atoms with E-state index in [1.54, 1.807) is 24.3 Å². The first kappa shape index (κ1) is 16.7. The predicted octanol–water partition coefficient (Wildman–Crippen LogP) is 3.12. The Bertz CT molecular complexity index is 650. The maximum atomic E-state index is 12.1. The molecule has 120 valence electrons. The number of hydrogen-bond acceptors (Lipinski definition) is 2. The largest absolute Gasteiger partial charge is 0.479 e. The number of nitrogens with one attached hydrogen (secondary N) is 1. The highest BCUT2D eigenvalue weighted by Gasteiger charge is 2.21. The average Bonchev–Trinajstić information content (AvgIpc) is 2.58. The smallest absolute Gasteiger partial charge is 0.330 e. The molecular weight excluding hydrogens is 290 g/mol. The number of amides is 1. The summed E-state index contributed by atoms with van der Waals surface area (Å²) in [6, 6.07) is 15.8. The van der Waals surface area contributed by atoms with E-state index in [1.807, 2.05) is 18.2 Å². The van der Waals surface area contributed by atoms with E-state index >= 15 is 0 Å². The molecule has 0 saturated heterocycles. The van der Waals surface area contributed by atoms with Crippen LogP contribution in [0.4, 0.5) is 0 Å². The fourth-order valence-corrected chi connectivity index (χ4v) is 2.37. The van der Waals surface area contributed by atoms with E-state index in [4.69, 9.17) is 0 Å². The van der Waals surface area contributed by atoms with Gasteiger partial charge in [-0.05, 0) is 29.5 Å². The molecule has 0 aromatic heterocycles. The van der Waals surface area contributed by atoms with Crippen molar-refractivity contribution in [3.05, 3.63) is 71.3 Å². The molecule has 0 aliphatic heterocycles. The zero-order valence-electron chi connectivity index (χ0n) is 13.2. The maximum Gasteiger partial charge on any atom is 0.330 e. The van der Waals surface area contributed by atoms with Gasteiger partial charge in [-0.25, -0.2) is 4.79 Å². The van der Waals surface area contributed by atoms with Crippen LogP contribution in [-0.4, -0.2) is 17.0 Å². The van der Waals surface area contributed by atoms with Gasteiger partial charge in [0, 0.05) is 6.42 Å². The number of rotatable bonds is 7. The first-order valence-electron chi connectivity index (χ1n) is 7.75. The monoisotopic (exact) mass is 311 g/mol. The third-order valence-corrected chi connectivity index (χ3v) is 3.76. The number of carboxylic acids is 1. The lowest BCUT2D eigenvalue weighted by atomic mass is 10.0. The number of carbonyl (C=O) groups excluding carboxylic acids is 1. The van der Waals surface area contributed by atoms with Crippen LogP contribution in [0.5, 0.6) is 0 Å². The number of benzene rings is 2. The van der Waals surface area contributed by atoms with E-state index in [2.05, 4.69) is 24.4 Å². The summed E-state index contributed by atoms with van der Waals surface area (Å²) in [6.07, 6.45) is 1.84. The third-order valence-electron chi connectivity index (χ3n) is 3.76. The van der Waals surface area contributed by atoms with Gasteiger partial charge in [0.15, 0.2) is 6.04 Å². The van der Waals surface area contributed by atoms with E-state index in [0.29, 0.717) is 12.0 Å². The Labute approximate surface area is 136 Å². The van der Waals surface area contributed by atoms with E-state index < -0.39 is 12.0 Å². The van der Waals surface area contributed by atoms with Crippen LogP contribution >= 0.6 is 0 Å². The van der Waals surface area contributed by atoms with Gasteiger partial charge in [0.1, 0.15) is 0 Å². The van der Waals surface area contributed by atoms with Crippen molar-refractivity contribution < 1.29 is 14.7 Å². The van der Waals surface area contributed by atoms with Crippen LogP contribution in [0.15, 0.2) is 54.6 Å². The molecule has 0 aliphatic rings. The molecule has 0 unspecified atom stereocenters. The molecule has 1 atom stereocenters. The summed E-state index contributed by atoms with van der Waals surface area (Å²) in [7, 11) is 0. The minimum atomic E-state index is -1.06. The van der Waals surface area contributed by atoms with Gasteiger partial charge in [-0.1, -0.05) is 61.5 Å². The first-order valence-corrected chi connectivity index (χ1v) is 7.75. The second-order valence-corrected chi connectivity index (χ2v) is 5.42. The highest BCUT2D eigenvalue weighted by Crippen LogP contribution is 2.13. The summed E-state index contributed by atoms with van der Waals surface area (Å²) in [5.41, 5.74) is 2.90. The van der Waals surface area contributed by atoms with Crippen LogP contribution in [0, 0.1) is 0 Å². The van der Waals surface area contributed by atoms with Gasteiger partial charge in [-0.3, -0.25) is 4.79 Å². The van der Waals surface area contributed by atoms with Crippen LogP contribution < -0.4 is 5.32 Å². The van der Waals surface area contributed by atoms with Gasteiger partial charge in [0.25, 0.3) is 0 Å². The molecule has 2 N–H and O–H groups in total. The average molecular weight is 311 g/mol. The fraction of sp³-hybridized carbons (Fsp3) is 0.263. The number of carboxylic acid groups (broad SMARTS) is 1. The molecular formula is C19H21NO3. The molecule has 2 aromatic rings. The Morgan fingerprint density at radius 1 is 1.00 bits per heavy atom. The number of aryl methyl sites for hydroxylation is 2. The molecule has 1 amide bonds. The van der Waals surface area contributed by atoms with Crippen molar-refractivity contribution in [2.45, 2.75) is 32.2 Å². The van der Waals surface area contributed by atoms with Crippen molar-refractivity contribution in [1.29, 1.82) is 0 Å². The number of aliphatic carboxylic acids is 1. The lowest BCUT2D eigenvalue weighted by Gasteiger charge is -2.15. The summed E-state index contributed by atoms with van der Waals surface area (Å²) in [5.74, 6) is -1.32. The molecule has 4 nitrogen and oxygen atoms in total. The normalized spacial score (nSPS) is 11.7. The van der Waals surface area contributed by atoms with Gasteiger partial charge in [0.05, 0.1) is 0 Å². The Balaban J connectivity index is 1.93. The van der Waals surface area contributed by atoms with Crippen LogP contribution in [-0.2, 0) is 22.4 Å². The van der Waals surface area contributed by atoms with Crippen molar-refractivity contribution in [2.75, 3.05) is 0 Å². The number of carbonyl (C=O) groups is 2. The van der Waals surface area contributed by atoms with Gasteiger partial charge in [-0.2, -0.15) is 0 Å². The minimum Gasteiger partial charge on any atom is -0.479 e. The van der Waals surface area contributed by atoms with Crippen LogP contribution in [0.2, 0.25) is 0 Å². The van der Waals surface area contributed by atoms with Gasteiger partial charge >= 0.3 is 5.97 Å². The van der Waals surface area contributed by atoms with Crippen molar-refractivity contribution in [3.63, 3.8) is 0 Å². The van der Waals surface area contributed by atoms with Crippen LogP contribution in [0.3, 0.4) is 0 Å². The Hall–Kier alpha value is -2.62. The van der Waals surface area contributed by atoms with Crippen molar-refractivity contribution >= 4 is 11.9 Å². The molecule has 0 aliphatic carbocycles. The second kappa shape index (κ2) is 8.13. The molecule has 0 spiro atoms. The topological polar surface area (TPSA) is 66.4 Å². The highest BCUT2D eigenvalue weighted by molar-refractivity contribution is 5.84. The molecule has 23 heavy (non-hydrogen) atoms. The molecule has 0 saturated carbocycles. The molecule has 0 bridgehead atoms. The van der Waals surface area contributed by atoms with Crippen molar-refractivity contribution in [1.82, 2.24) is 5.32 Å². The predicted molar refractivity (Wildman–Crippen MR) is 89.1 cm³/mol. The van der Waals surface area contributed by atoms with Crippen LogP contribution in [0.1, 0.15) is 36.1 Å². The van der Waals surface area contributed by atoms with Gasteiger partial charge < -0.3 is 10.4 Å². The molecule has 0 fully saturated rings. The van der Waals surface area contributed by atoms with Gasteiger partial charge in [-0.15, -0.1) is 0 Å². The van der Waals surface area contributed by atoms with E-state index in [-0.39, 0.29) is 12.3 Å². The Morgan fingerprint density at radius 3 is 2.17 bits per heavy atom. The molecule has 2 aromatic carbocycles. The minimum absolute atomic E-state index is 0.263. The van der Waals surface area contributed by atoms with Crippen molar-refractivity contribution in [3.8, 4) is 0 Å². The Kier molecular flexibility index (Phi) is 5.92. The number of hydrogen-bond donors (Lipinski definition) is 2. The second-order valence-electron chi connectivity index (χ2n) is 5.42. The molecule has 0 radical (unpaired) electrons. The summed E-state index contributed by atoms with van der Waals surface area (Å²) < 4.78 is 0.